The topological polar surface area (TPSA) is 91.4 Å². The summed E-state index contributed by atoms with van der Waals surface area (Å²) < 4.78 is 38.7. The molecule has 1 spiro atoms. The van der Waals surface area contributed by atoms with Crippen molar-refractivity contribution in [3.8, 4) is 0 Å². The van der Waals surface area contributed by atoms with E-state index in [1.165, 1.54) is 19.2 Å². The molecule has 7 nitrogen and oxygen atoms in total. The van der Waals surface area contributed by atoms with Crippen molar-refractivity contribution >= 4 is 34.3 Å². The minimum absolute atomic E-state index is 0.225. The van der Waals surface area contributed by atoms with Crippen molar-refractivity contribution in [3.05, 3.63) is 46.5 Å². The number of thiazole rings is 1. The third-order valence-corrected chi connectivity index (χ3v) is 6.75. The van der Waals surface area contributed by atoms with Crippen LogP contribution in [0.15, 0.2) is 30.5 Å². The van der Waals surface area contributed by atoms with Gasteiger partial charge >= 0.3 is 12.2 Å². The molecule has 1 unspecified atom stereocenters. The maximum atomic E-state index is 12.9. The summed E-state index contributed by atoms with van der Waals surface area (Å²) in [4.78, 5) is 43.6. The number of aromatic nitrogens is 1. The van der Waals surface area contributed by atoms with Crippen LogP contribution in [0.25, 0.3) is 0 Å². The van der Waals surface area contributed by atoms with Crippen LogP contribution in [0.4, 0.5) is 23.1 Å². The third kappa shape index (κ3) is 4.21. The van der Waals surface area contributed by atoms with Crippen molar-refractivity contribution < 1.29 is 27.6 Å². The van der Waals surface area contributed by atoms with Gasteiger partial charge in [-0.3, -0.25) is 9.59 Å². The Morgan fingerprint density at radius 1 is 1.31 bits per heavy atom. The van der Waals surface area contributed by atoms with Gasteiger partial charge < -0.3 is 10.6 Å². The number of carbonyl (C=O) groups excluding carboxylic acids is 3. The zero-order valence-corrected chi connectivity index (χ0v) is 18.0. The summed E-state index contributed by atoms with van der Waals surface area (Å²) >= 11 is 1.12. The van der Waals surface area contributed by atoms with Crippen LogP contribution < -0.4 is 10.6 Å². The molecule has 170 valence electrons. The lowest BCUT2D eigenvalue weighted by Crippen LogP contribution is -2.48. The highest BCUT2D eigenvalue weighted by Crippen LogP contribution is 2.36. The van der Waals surface area contributed by atoms with Crippen LogP contribution >= 0.6 is 11.3 Å². The van der Waals surface area contributed by atoms with Crippen LogP contribution in [-0.4, -0.2) is 39.3 Å². The molecule has 2 aromatic rings. The molecular formula is C21H21F3N4O3S. The number of hydrogen-bond acceptors (Lipinski definition) is 5. The monoisotopic (exact) mass is 466 g/mol. The summed E-state index contributed by atoms with van der Waals surface area (Å²) in [5.74, 6) is -0.949. The molecule has 2 aliphatic rings. The predicted octanol–water partition coefficient (Wildman–Crippen LogP) is 3.94. The summed E-state index contributed by atoms with van der Waals surface area (Å²) in [5, 5.41) is 5.58. The zero-order chi connectivity index (χ0) is 23.1. The normalized spacial score (nSPS) is 18.8. The zero-order valence-electron chi connectivity index (χ0n) is 17.2. The molecule has 1 saturated carbocycles. The molecule has 1 atom stereocenters. The average molecular weight is 466 g/mol. The van der Waals surface area contributed by atoms with Gasteiger partial charge in [-0.2, -0.15) is 13.2 Å². The second kappa shape index (κ2) is 8.19. The van der Waals surface area contributed by atoms with Gasteiger partial charge in [0.25, 0.3) is 5.91 Å². The fourth-order valence-corrected chi connectivity index (χ4v) is 4.99. The Labute approximate surface area is 186 Å². The lowest BCUT2D eigenvalue weighted by molar-refractivity contribution is -0.137. The summed E-state index contributed by atoms with van der Waals surface area (Å²) in [7, 11) is 0. The highest BCUT2D eigenvalue weighted by Gasteiger charge is 2.54. The lowest BCUT2D eigenvalue weighted by Gasteiger charge is -2.23. The van der Waals surface area contributed by atoms with Crippen LogP contribution in [0.2, 0.25) is 0 Å². The minimum atomic E-state index is -4.42. The van der Waals surface area contributed by atoms with Gasteiger partial charge in [0.15, 0.2) is 5.13 Å². The van der Waals surface area contributed by atoms with Gasteiger partial charge in [0.2, 0.25) is 5.91 Å². The first-order chi connectivity index (χ1) is 15.1. The molecule has 11 heteroatoms. The van der Waals surface area contributed by atoms with E-state index in [0.717, 1.165) is 41.2 Å². The van der Waals surface area contributed by atoms with E-state index in [9.17, 15) is 27.6 Å². The second-order valence-corrected chi connectivity index (χ2v) is 9.18. The van der Waals surface area contributed by atoms with Crippen molar-refractivity contribution in [2.75, 3.05) is 5.32 Å². The van der Waals surface area contributed by atoms with Gasteiger partial charge in [-0.05, 0) is 31.4 Å². The summed E-state index contributed by atoms with van der Waals surface area (Å²) in [6, 6.07) is 3.41. The van der Waals surface area contributed by atoms with Gasteiger partial charge in [0, 0.05) is 17.5 Å². The molecule has 0 radical (unpaired) electrons. The number of carbonyl (C=O) groups is 3. The number of urea groups is 1. The molecule has 1 aromatic heterocycles. The molecule has 1 aromatic carbocycles. The van der Waals surface area contributed by atoms with Gasteiger partial charge in [0.05, 0.1) is 5.56 Å². The molecule has 4 rings (SSSR count). The number of halogens is 3. The first kappa shape index (κ1) is 22.3. The molecule has 4 amide bonds. The Morgan fingerprint density at radius 3 is 2.72 bits per heavy atom. The van der Waals surface area contributed by atoms with Crippen LogP contribution in [0.1, 0.15) is 48.6 Å². The lowest BCUT2D eigenvalue weighted by atomic mass is 9.97. The molecule has 1 aliphatic heterocycles. The highest BCUT2D eigenvalue weighted by atomic mass is 32.1. The number of amides is 4. The van der Waals surface area contributed by atoms with Crippen molar-refractivity contribution in [1.29, 1.82) is 0 Å². The second-order valence-electron chi connectivity index (χ2n) is 8.07. The highest BCUT2D eigenvalue weighted by molar-refractivity contribution is 7.15. The summed E-state index contributed by atoms with van der Waals surface area (Å²) in [6.07, 6.45) is 0.0916. The molecule has 0 bridgehead atoms. The van der Waals surface area contributed by atoms with E-state index >= 15 is 0 Å². The maximum Gasteiger partial charge on any atom is 0.416 e. The van der Waals surface area contributed by atoms with Crippen molar-refractivity contribution in [3.63, 3.8) is 0 Å². The van der Waals surface area contributed by atoms with Gasteiger partial charge in [-0.1, -0.05) is 31.0 Å². The van der Waals surface area contributed by atoms with E-state index in [-0.39, 0.29) is 17.5 Å². The van der Waals surface area contributed by atoms with Crippen molar-refractivity contribution in [2.45, 2.75) is 56.8 Å². The first-order valence-electron chi connectivity index (χ1n) is 10.2. The smallest absolute Gasteiger partial charge is 0.323 e. The SMILES string of the molecule is CC(C(=O)Nc1ncc(Cc2cccc(C(F)(F)F)c2)s1)N1C(=O)NC2(CCCC2)C1=O. The molecule has 2 fully saturated rings. The van der Waals surface area contributed by atoms with Gasteiger partial charge in [-0.25, -0.2) is 14.7 Å². The molecule has 1 saturated heterocycles. The number of benzene rings is 1. The van der Waals surface area contributed by atoms with E-state index in [0.29, 0.717) is 23.3 Å². The van der Waals surface area contributed by atoms with E-state index in [1.807, 2.05) is 0 Å². The standard InChI is InChI=1S/C21H21F3N4O3S/c1-12(28-17(30)20(27-19(28)31)7-2-3-8-20)16(29)26-18-25-11-15(32-18)10-13-5-4-6-14(9-13)21(22,23)24/h4-6,9,11-12H,2-3,7-8,10H2,1H3,(H,27,31)(H,25,26,29). The van der Waals surface area contributed by atoms with Crippen LogP contribution in [0.5, 0.6) is 0 Å². The van der Waals surface area contributed by atoms with Gasteiger partial charge in [0.1, 0.15) is 11.6 Å². The Kier molecular flexibility index (Phi) is 5.70. The number of anilines is 1. The van der Waals surface area contributed by atoms with Crippen molar-refractivity contribution in [1.82, 2.24) is 15.2 Å². The van der Waals surface area contributed by atoms with E-state index < -0.39 is 35.3 Å². The fourth-order valence-electron chi connectivity index (χ4n) is 4.14. The van der Waals surface area contributed by atoms with E-state index in [1.54, 1.807) is 6.07 Å². The molecular weight excluding hydrogens is 445 g/mol. The van der Waals surface area contributed by atoms with Crippen molar-refractivity contribution in [2.24, 2.45) is 0 Å². The van der Waals surface area contributed by atoms with E-state index in [4.69, 9.17) is 0 Å². The van der Waals surface area contributed by atoms with Crippen LogP contribution in [0, 0.1) is 0 Å². The Hall–Kier alpha value is -2.95. The quantitative estimate of drug-likeness (QED) is 0.653. The molecule has 2 N–H and O–H groups in total. The van der Waals surface area contributed by atoms with Crippen LogP contribution in [-0.2, 0) is 22.2 Å². The first-order valence-corrected chi connectivity index (χ1v) is 11.0. The fraction of sp³-hybridized carbons (Fsp3) is 0.429. The molecule has 2 heterocycles. The predicted molar refractivity (Wildman–Crippen MR) is 111 cm³/mol. The van der Waals surface area contributed by atoms with Crippen LogP contribution in [0.3, 0.4) is 0 Å². The van der Waals surface area contributed by atoms with Gasteiger partial charge in [-0.15, -0.1) is 11.3 Å². The Morgan fingerprint density at radius 2 is 2.03 bits per heavy atom. The number of rotatable bonds is 5. The number of imide groups is 1. The Bertz CT molecular complexity index is 1060. The van der Waals surface area contributed by atoms with E-state index in [2.05, 4.69) is 15.6 Å². The third-order valence-electron chi connectivity index (χ3n) is 5.83. The number of nitrogens with zero attached hydrogens (tertiary/aromatic N) is 2. The molecule has 1 aliphatic carbocycles. The molecule has 32 heavy (non-hydrogen) atoms. The Balaban J connectivity index is 1.41. The number of nitrogens with one attached hydrogen (secondary N) is 2. The summed E-state index contributed by atoms with van der Waals surface area (Å²) in [5.41, 5.74) is -1.16. The maximum absolute atomic E-state index is 12.9. The number of alkyl halides is 3. The largest absolute Gasteiger partial charge is 0.416 e. The minimum Gasteiger partial charge on any atom is -0.323 e. The average Bonchev–Trinajstić information content (AvgIpc) is 3.43. The summed E-state index contributed by atoms with van der Waals surface area (Å²) in [6.45, 7) is 1.47. The number of hydrogen-bond donors (Lipinski definition) is 2.